The van der Waals surface area contributed by atoms with Gasteiger partial charge in [-0.15, -0.1) is 5.10 Å². The van der Waals surface area contributed by atoms with Gasteiger partial charge in [0.2, 0.25) is 0 Å². The highest BCUT2D eigenvalue weighted by Gasteiger charge is 2.33. The van der Waals surface area contributed by atoms with Gasteiger partial charge in [0.15, 0.2) is 5.82 Å². The molecule has 0 bridgehead atoms. The van der Waals surface area contributed by atoms with Crippen molar-refractivity contribution in [1.29, 1.82) is 0 Å². The SMILES string of the molecule is CCC(C)(Cn1nnnc1-c1ccc(I)c(Cl)c1)C(=O)O. The highest BCUT2D eigenvalue weighted by Crippen LogP contribution is 2.28. The maximum atomic E-state index is 11.4. The Labute approximate surface area is 140 Å². The third-order valence-electron chi connectivity index (χ3n) is 3.51. The van der Waals surface area contributed by atoms with E-state index in [4.69, 9.17) is 11.6 Å². The van der Waals surface area contributed by atoms with Crippen molar-refractivity contribution in [2.75, 3.05) is 0 Å². The van der Waals surface area contributed by atoms with Crippen LogP contribution in [0.15, 0.2) is 18.2 Å². The Morgan fingerprint density at radius 1 is 1.52 bits per heavy atom. The van der Waals surface area contributed by atoms with Crippen molar-refractivity contribution in [3.63, 3.8) is 0 Å². The third-order valence-corrected chi connectivity index (χ3v) is 5.08. The van der Waals surface area contributed by atoms with Gasteiger partial charge in [-0.2, -0.15) is 0 Å². The zero-order chi connectivity index (χ0) is 15.6. The molecule has 0 fully saturated rings. The molecule has 1 N–H and O–H groups in total. The summed E-state index contributed by atoms with van der Waals surface area (Å²) in [6.45, 7) is 3.71. The molecule has 0 spiro atoms. The van der Waals surface area contributed by atoms with Crippen molar-refractivity contribution in [2.24, 2.45) is 5.41 Å². The number of benzene rings is 1. The lowest BCUT2D eigenvalue weighted by molar-refractivity contribution is -0.149. The van der Waals surface area contributed by atoms with Gasteiger partial charge < -0.3 is 5.11 Å². The first-order valence-corrected chi connectivity index (χ1v) is 7.78. The maximum Gasteiger partial charge on any atom is 0.311 e. The first-order valence-electron chi connectivity index (χ1n) is 6.32. The third kappa shape index (κ3) is 3.34. The first-order chi connectivity index (χ1) is 9.87. The number of halogens is 2. The van der Waals surface area contributed by atoms with Crippen LogP contribution >= 0.6 is 34.2 Å². The zero-order valence-electron chi connectivity index (χ0n) is 11.5. The molecular weight excluding hydrogens is 407 g/mol. The molecule has 1 unspecified atom stereocenters. The molecule has 8 heteroatoms. The molecule has 0 saturated carbocycles. The van der Waals surface area contributed by atoms with E-state index in [0.29, 0.717) is 17.3 Å². The van der Waals surface area contributed by atoms with Gasteiger partial charge in [0, 0.05) is 9.13 Å². The number of aliphatic carboxylic acids is 1. The highest BCUT2D eigenvalue weighted by atomic mass is 127. The second-order valence-electron chi connectivity index (χ2n) is 5.01. The number of tetrazole rings is 1. The van der Waals surface area contributed by atoms with Crippen LogP contribution in [-0.4, -0.2) is 31.3 Å². The lowest BCUT2D eigenvalue weighted by Gasteiger charge is -2.22. The highest BCUT2D eigenvalue weighted by molar-refractivity contribution is 14.1. The van der Waals surface area contributed by atoms with Crippen LogP contribution in [0.2, 0.25) is 5.02 Å². The van der Waals surface area contributed by atoms with Gasteiger partial charge in [0.05, 0.1) is 17.0 Å². The smallest absolute Gasteiger partial charge is 0.311 e. The monoisotopic (exact) mass is 420 g/mol. The largest absolute Gasteiger partial charge is 0.481 e. The molecule has 0 aliphatic rings. The number of carboxylic acid groups (broad SMARTS) is 1. The number of carboxylic acids is 1. The predicted molar refractivity (Wildman–Crippen MR) is 87.0 cm³/mol. The van der Waals surface area contributed by atoms with Crippen LogP contribution in [0.1, 0.15) is 20.3 Å². The summed E-state index contributed by atoms with van der Waals surface area (Å²) in [6.07, 6.45) is 0.481. The van der Waals surface area contributed by atoms with Crippen LogP contribution in [0.5, 0.6) is 0 Å². The topological polar surface area (TPSA) is 80.9 Å². The Hall–Kier alpha value is -1.22. The molecule has 1 atom stereocenters. The average Bonchev–Trinajstić information content (AvgIpc) is 2.89. The number of hydrogen-bond acceptors (Lipinski definition) is 4. The molecule has 21 heavy (non-hydrogen) atoms. The number of carbonyl (C=O) groups is 1. The van der Waals surface area contributed by atoms with Crippen molar-refractivity contribution in [3.8, 4) is 11.4 Å². The van der Waals surface area contributed by atoms with Crippen LogP contribution in [-0.2, 0) is 11.3 Å². The van der Waals surface area contributed by atoms with Crippen LogP contribution in [0.25, 0.3) is 11.4 Å². The minimum absolute atomic E-state index is 0.199. The minimum Gasteiger partial charge on any atom is -0.481 e. The summed E-state index contributed by atoms with van der Waals surface area (Å²) in [4.78, 5) is 11.4. The lowest BCUT2D eigenvalue weighted by Crippen LogP contribution is -2.32. The Morgan fingerprint density at radius 3 is 2.81 bits per heavy atom. The second kappa shape index (κ2) is 6.27. The molecule has 1 heterocycles. The fraction of sp³-hybridized carbons (Fsp3) is 0.385. The van der Waals surface area contributed by atoms with E-state index in [2.05, 4.69) is 38.1 Å². The molecule has 6 nitrogen and oxygen atoms in total. The zero-order valence-corrected chi connectivity index (χ0v) is 14.5. The Kier molecular flexibility index (Phi) is 4.82. The number of hydrogen-bond donors (Lipinski definition) is 1. The predicted octanol–water partition coefficient (Wildman–Crippen LogP) is 3.10. The van der Waals surface area contributed by atoms with E-state index in [0.717, 1.165) is 9.13 Å². The van der Waals surface area contributed by atoms with Gasteiger partial charge >= 0.3 is 5.97 Å². The molecule has 0 aliphatic heterocycles. The maximum absolute atomic E-state index is 11.4. The van der Waals surface area contributed by atoms with Gasteiger partial charge in [-0.1, -0.05) is 18.5 Å². The number of nitrogens with zero attached hydrogens (tertiary/aromatic N) is 4. The fourth-order valence-electron chi connectivity index (χ4n) is 1.81. The van der Waals surface area contributed by atoms with Gasteiger partial charge in [0.1, 0.15) is 0 Å². The normalized spacial score (nSPS) is 13.9. The van der Waals surface area contributed by atoms with E-state index < -0.39 is 11.4 Å². The molecule has 1 aromatic carbocycles. The van der Waals surface area contributed by atoms with Crippen molar-refractivity contribution in [2.45, 2.75) is 26.8 Å². The van der Waals surface area contributed by atoms with E-state index in [1.54, 1.807) is 13.0 Å². The van der Waals surface area contributed by atoms with Crippen LogP contribution in [0.4, 0.5) is 0 Å². The van der Waals surface area contributed by atoms with E-state index in [1.807, 2.05) is 19.1 Å². The standard InChI is InChI=1S/C13H14ClIN4O2/c1-3-13(2,12(20)21)7-19-11(16-17-18-19)8-4-5-10(15)9(14)6-8/h4-6H,3,7H2,1-2H3,(H,20,21). The van der Waals surface area contributed by atoms with Gasteiger partial charge in [-0.25, -0.2) is 4.68 Å². The molecule has 0 aliphatic carbocycles. The van der Waals surface area contributed by atoms with E-state index >= 15 is 0 Å². The Bertz CT molecular complexity index is 676. The summed E-state index contributed by atoms with van der Waals surface area (Å²) in [6, 6.07) is 5.50. The molecule has 0 radical (unpaired) electrons. The second-order valence-corrected chi connectivity index (χ2v) is 6.58. The van der Waals surface area contributed by atoms with Crippen LogP contribution in [0.3, 0.4) is 0 Å². The first kappa shape index (κ1) is 16.2. The van der Waals surface area contributed by atoms with Gasteiger partial charge in [-0.05, 0) is 64.6 Å². The summed E-state index contributed by atoms with van der Waals surface area (Å²) in [5.74, 6) is -0.360. The molecule has 2 aromatic rings. The molecule has 1 aromatic heterocycles. The quantitative estimate of drug-likeness (QED) is 0.752. The van der Waals surface area contributed by atoms with E-state index in [-0.39, 0.29) is 6.54 Å². The van der Waals surface area contributed by atoms with Crippen molar-refractivity contribution in [1.82, 2.24) is 20.2 Å². The van der Waals surface area contributed by atoms with Gasteiger partial charge in [-0.3, -0.25) is 4.79 Å². The van der Waals surface area contributed by atoms with Crippen molar-refractivity contribution >= 4 is 40.2 Å². The van der Waals surface area contributed by atoms with Crippen LogP contribution < -0.4 is 0 Å². The van der Waals surface area contributed by atoms with Crippen LogP contribution in [0, 0.1) is 8.99 Å². The summed E-state index contributed by atoms with van der Waals surface area (Å²) >= 11 is 8.25. The molecular formula is C13H14ClIN4O2. The summed E-state index contributed by atoms with van der Waals surface area (Å²) in [5, 5.41) is 21.5. The molecule has 2 rings (SSSR count). The number of aromatic nitrogens is 4. The Balaban J connectivity index is 2.39. The molecule has 0 amide bonds. The van der Waals surface area contributed by atoms with Crippen molar-refractivity contribution in [3.05, 3.63) is 26.8 Å². The molecule has 0 saturated heterocycles. The van der Waals surface area contributed by atoms with E-state index in [9.17, 15) is 9.90 Å². The summed E-state index contributed by atoms with van der Waals surface area (Å²) < 4.78 is 2.44. The Morgan fingerprint density at radius 2 is 2.24 bits per heavy atom. The number of rotatable bonds is 5. The van der Waals surface area contributed by atoms with Gasteiger partial charge in [0.25, 0.3) is 0 Å². The summed E-state index contributed by atoms with van der Waals surface area (Å²) in [7, 11) is 0. The fourth-order valence-corrected chi connectivity index (χ4v) is 2.33. The van der Waals surface area contributed by atoms with E-state index in [1.165, 1.54) is 4.68 Å². The average molecular weight is 421 g/mol. The summed E-state index contributed by atoms with van der Waals surface area (Å²) in [5.41, 5.74) is -0.161. The molecule has 112 valence electrons. The minimum atomic E-state index is -0.920. The van der Waals surface area contributed by atoms with Crippen molar-refractivity contribution < 1.29 is 9.90 Å². The lowest BCUT2D eigenvalue weighted by atomic mass is 9.88.